The summed E-state index contributed by atoms with van der Waals surface area (Å²) in [4.78, 5) is 11.4. The Labute approximate surface area is 102 Å². The van der Waals surface area contributed by atoms with E-state index in [1.54, 1.807) is 6.92 Å². The molecule has 0 radical (unpaired) electrons. The highest BCUT2D eigenvalue weighted by molar-refractivity contribution is 5.75. The zero-order chi connectivity index (χ0) is 12.8. The van der Waals surface area contributed by atoms with Gasteiger partial charge in [0.05, 0.1) is 12.3 Å². The van der Waals surface area contributed by atoms with Gasteiger partial charge < -0.3 is 10.5 Å². The minimum absolute atomic E-state index is 0.355. The first-order valence-corrected chi connectivity index (χ1v) is 6.04. The summed E-state index contributed by atoms with van der Waals surface area (Å²) >= 11 is 0. The van der Waals surface area contributed by atoms with Crippen LogP contribution in [0.3, 0.4) is 0 Å². The largest absolute Gasteiger partial charge is 0.465 e. The molecule has 2 N–H and O–H groups in total. The molecule has 5 nitrogen and oxygen atoms in total. The van der Waals surface area contributed by atoms with Crippen LogP contribution in [0, 0.1) is 0 Å². The number of rotatable bonds is 6. The lowest BCUT2D eigenvalue weighted by atomic mass is 10.2. The monoisotopic (exact) mass is 239 g/mol. The van der Waals surface area contributed by atoms with Crippen LogP contribution in [0.15, 0.2) is 12.3 Å². The van der Waals surface area contributed by atoms with E-state index in [2.05, 4.69) is 18.9 Å². The fourth-order valence-electron chi connectivity index (χ4n) is 1.48. The van der Waals surface area contributed by atoms with Crippen LogP contribution in [-0.4, -0.2) is 28.4 Å². The van der Waals surface area contributed by atoms with Gasteiger partial charge in [-0.05, 0) is 26.3 Å². The fourth-order valence-corrected chi connectivity index (χ4v) is 1.48. The van der Waals surface area contributed by atoms with Gasteiger partial charge in [0.15, 0.2) is 0 Å². The van der Waals surface area contributed by atoms with E-state index < -0.39 is 6.04 Å². The standard InChI is InChI=1S/C12H21N3O2/c1-4-9(3)15-7-6-10(14-15)8-11(13)12(16)17-5-2/h6-7,9,11H,4-5,8,13H2,1-3H3. The van der Waals surface area contributed by atoms with Gasteiger partial charge >= 0.3 is 5.97 Å². The number of hydrogen-bond acceptors (Lipinski definition) is 4. The van der Waals surface area contributed by atoms with Crippen LogP contribution in [0.5, 0.6) is 0 Å². The number of carbonyl (C=O) groups excluding carboxylic acids is 1. The molecule has 0 fully saturated rings. The van der Waals surface area contributed by atoms with Gasteiger partial charge in [0.25, 0.3) is 0 Å². The molecule has 0 aliphatic rings. The minimum Gasteiger partial charge on any atom is -0.465 e. The quantitative estimate of drug-likeness (QED) is 0.759. The maximum Gasteiger partial charge on any atom is 0.323 e. The van der Waals surface area contributed by atoms with Gasteiger partial charge in [-0.2, -0.15) is 5.10 Å². The van der Waals surface area contributed by atoms with E-state index in [4.69, 9.17) is 10.5 Å². The van der Waals surface area contributed by atoms with Crippen molar-refractivity contribution in [3.05, 3.63) is 18.0 Å². The number of nitrogens with two attached hydrogens (primary N) is 1. The molecule has 0 aliphatic carbocycles. The topological polar surface area (TPSA) is 70.1 Å². The lowest BCUT2D eigenvalue weighted by Crippen LogP contribution is -2.34. The number of esters is 1. The summed E-state index contributed by atoms with van der Waals surface area (Å²) in [6.07, 6.45) is 3.36. The van der Waals surface area contributed by atoms with E-state index in [1.165, 1.54) is 0 Å². The Balaban J connectivity index is 2.57. The maximum atomic E-state index is 11.4. The van der Waals surface area contributed by atoms with Crippen molar-refractivity contribution in [2.45, 2.75) is 45.7 Å². The number of hydrogen-bond donors (Lipinski definition) is 1. The van der Waals surface area contributed by atoms with Crippen molar-refractivity contribution >= 4 is 5.97 Å². The van der Waals surface area contributed by atoms with Crippen molar-refractivity contribution in [1.82, 2.24) is 9.78 Å². The number of nitrogens with zero attached hydrogens (tertiary/aromatic N) is 2. The van der Waals surface area contributed by atoms with E-state index in [0.717, 1.165) is 12.1 Å². The van der Waals surface area contributed by atoms with Crippen LogP contribution in [0.1, 0.15) is 38.9 Å². The molecule has 2 unspecified atom stereocenters. The van der Waals surface area contributed by atoms with E-state index in [0.29, 0.717) is 19.1 Å². The highest BCUT2D eigenvalue weighted by Crippen LogP contribution is 2.10. The Hall–Kier alpha value is -1.36. The zero-order valence-electron chi connectivity index (χ0n) is 10.7. The molecule has 1 aromatic heterocycles. The van der Waals surface area contributed by atoms with Gasteiger partial charge in [0.1, 0.15) is 6.04 Å². The van der Waals surface area contributed by atoms with Crippen LogP contribution in [-0.2, 0) is 16.0 Å². The number of ether oxygens (including phenoxy) is 1. The van der Waals surface area contributed by atoms with Crippen LogP contribution < -0.4 is 5.73 Å². The second kappa shape index (κ2) is 6.39. The normalized spacial score (nSPS) is 14.4. The molecular formula is C12H21N3O2. The highest BCUT2D eigenvalue weighted by Gasteiger charge is 2.16. The fraction of sp³-hybridized carbons (Fsp3) is 0.667. The molecule has 96 valence electrons. The Kier molecular flexibility index (Phi) is 5.15. The zero-order valence-corrected chi connectivity index (χ0v) is 10.7. The molecule has 0 aromatic carbocycles. The summed E-state index contributed by atoms with van der Waals surface area (Å²) in [5, 5.41) is 4.39. The lowest BCUT2D eigenvalue weighted by molar-refractivity contribution is -0.144. The molecule has 0 bridgehead atoms. The smallest absolute Gasteiger partial charge is 0.323 e. The molecule has 1 aromatic rings. The molecule has 17 heavy (non-hydrogen) atoms. The maximum absolute atomic E-state index is 11.4. The van der Waals surface area contributed by atoms with Crippen molar-refractivity contribution in [1.29, 1.82) is 0 Å². The first-order valence-electron chi connectivity index (χ1n) is 6.04. The third kappa shape index (κ3) is 3.85. The van der Waals surface area contributed by atoms with Crippen molar-refractivity contribution in [3.63, 3.8) is 0 Å². The van der Waals surface area contributed by atoms with E-state index >= 15 is 0 Å². The average Bonchev–Trinajstić information content (AvgIpc) is 2.76. The predicted molar refractivity (Wildman–Crippen MR) is 65.5 cm³/mol. The van der Waals surface area contributed by atoms with E-state index in [1.807, 2.05) is 16.9 Å². The molecular weight excluding hydrogens is 218 g/mol. The van der Waals surface area contributed by atoms with Crippen LogP contribution in [0.25, 0.3) is 0 Å². The van der Waals surface area contributed by atoms with Gasteiger partial charge in [0, 0.05) is 18.7 Å². The summed E-state index contributed by atoms with van der Waals surface area (Å²) in [6.45, 7) is 6.33. The van der Waals surface area contributed by atoms with E-state index in [9.17, 15) is 4.79 Å². The second-order valence-corrected chi connectivity index (χ2v) is 4.11. The molecule has 0 aliphatic heterocycles. The molecule has 1 rings (SSSR count). The van der Waals surface area contributed by atoms with Crippen molar-refractivity contribution < 1.29 is 9.53 Å². The molecule has 0 saturated heterocycles. The van der Waals surface area contributed by atoms with Gasteiger partial charge in [-0.1, -0.05) is 6.92 Å². The molecule has 2 atom stereocenters. The number of aromatic nitrogens is 2. The Morgan fingerprint density at radius 2 is 2.29 bits per heavy atom. The van der Waals surface area contributed by atoms with Gasteiger partial charge in [-0.3, -0.25) is 9.48 Å². The summed E-state index contributed by atoms with van der Waals surface area (Å²) in [7, 11) is 0. The second-order valence-electron chi connectivity index (χ2n) is 4.11. The summed E-state index contributed by atoms with van der Waals surface area (Å²) in [5.74, 6) is -0.370. The van der Waals surface area contributed by atoms with Crippen LogP contribution in [0.2, 0.25) is 0 Å². The highest BCUT2D eigenvalue weighted by atomic mass is 16.5. The van der Waals surface area contributed by atoms with Crippen LogP contribution >= 0.6 is 0 Å². The van der Waals surface area contributed by atoms with Gasteiger partial charge in [-0.25, -0.2) is 0 Å². The Bertz CT molecular complexity index is 362. The SMILES string of the molecule is CCOC(=O)C(N)Cc1ccn(C(C)CC)n1. The van der Waals surface area contributed by atoms with Gasteiger partial charge in [-0.15, -0.1) is 0 Å². The first-order chi connectivity index (χ1) is 8.08. The third-order valence-electron chi connectivity index (χ3n) is 2.72. The number of carbonyl (C=O) groups is 1. The first kappa shape index (κ1) is 13.7. The third-order valence-corrected chi connectivity index (χ3v) is 2.72. The minimum atomic E-state index is -0.629. The Morgan fingerprint density at radius 3 is 2.88 bits per heavy atom. The summed E-state index contributed by atoms with van der Waals surface area (Å²) < 4.78 is 6.75. The molecule has 0 saturated carbocycles. The summed E-state index contributed by atoms with van der Waals surface area (Å²) in [5.41, 5.74) is 6.55. The van der Waals surface area contributed by atoms with E-state index in [-0.39, 0.29) is 5.97 Å². The van der Waals surface area contributed by atoms with Crippen molar-refractivity contribution in [2.24, 2.45) is 5.73 Å². The lowest BCUT2D eigenvalue weighted by Gasteiger charge is -2.10. The molecule has 0 amide bonds. The average molecular weight is 239 g/mol. The molecule has 5 heteroatoms. The Morgan fingerprint density at radius 1 is 1.59 bits per heavy atom. The molecule has 1 heterocycles. The molecule has 0 spiro atoms. The van der Waals surface area contributed by atoms with Crippen molar-refractivity contribution in [2.75, 3.05) is 6.61 Å². The predicted octanol–water partition coefficient (Wildman–Crippen LogP) is 1.29. The van der Waals surface area contributed by atoms with Gasteiger partial charge in [0.2, 0.25) is 0 Å². The van der Waals surface area contributed by atoms with Crippen LogP contribution in [0.4, 0.5) is 0 Å². The van der Waals surface area contributed by atoms with Crippen molar-refractivity contribution in [3.8, 4) is 0 Å². The summed E-state index contributed by atoms with van der Waals surface area (Å²) in [6, 6.07) is 1.63.